The van der Waals surface area contributed by atoms with Gasteiger partial charge in [-0.2, -0.15) is 0 Å². The van der Waals surface area contributed by atoms with Crippen molar-refractivity contribution in [2.45, 2.75) is 30.6 Å². The van der Waals surface area contributed by atoms with Crippen LogP contribution in [0.5, 0.6) is 0 Å². The van der Waals surface area contributed by atoms with E-state index in [1.54, 1.807) is 66.7 Å². The molecule has 1 aliphatic carbocycles. The molecule has 1 saturated carbocycles. The molecular formula is C27H23NO4S. The molecule has 4 aromatic rings. The van der Waals surface area contributed by atoms with Gasteiger partial charge in [-0.1, -0.05) is 79.6 Å². The highest BCUT2D eigenvalue weighted by molar-refractivity contribution is 7.90. The Morgan fingerprint density at radius 1 is 0.758 bits per heavy atom. The summed E-state index contributed by atoms with van der Waals surface area (Å²) in [6.07, 6.45) is 3.24. The zero-order chi connectivity index (χ0) is 23.0. The van der Waals surface area contributed by atoms with Crippen LogP contribution < -0.4 is 0 Å². The Balaban J connectivity index is 1.86. The van der Waals surface area contributed by atoms with E-state index in [2.05, 4.69) is 0 Å². The van der Waals surface area contributed by atoms with Crippen LogP contribution in [0, 0.1) is 5.92 Å². The summed E-state index contributed by atoms with van der Waals surface area (Å²) in [4.78, 5) is 27.6. The first-order valence-electron chi connectivity index (χ1n) is 11.1. The van der Waals surface area contributed by atoms with E-state index in [-0.39, 0.29) is 33.6 Å². The highest BCUT2D eigenvalue weighted by Crippen LogP contribution is 2.36. The fraction of sp³-hybridized carbons (Fsp3) is 0.185. The van der Waals surface area contributed by atoms with Crippen LogP contribution >= 0.6 is 0 Å². The number of hydrogen-bond acceptors (Lipinski definition) is 4. The van der Waals surface area contributed by atoms with E-state index in [9.17, 15) is 18.0 Å². The number of ketones is 2. The maximum Gasteiger partial charge on any atom is 0.268 e. The first-order chi connectivity index (χ1) is 16.0. The van der Waals surface area contributed by atoms with E-state index < -0.39 is 10.0 Å². The van der Waals surface area contributed by atoms with Gasteiger partial charge in [-0.05, 0) is 31.0 Å². The van der Waals surface area contributed by atoms with E-state index >= 15 is 0 Å². The molecule has 0 radical (unpaired) electrons. The average Bonchev–Trinajstić information content (AvgIpc) is 3.51. The van der Waals surface area contributed by atoms with Crippen molar-refractivity contribution in [1.82, 2.24) is 3.97 Å². The molecule has 0 bridgehead atoms. The minimum atomic E-state index is -4.12. The minimum absolute atomic E-state index is 0.0270. The highest BCUT2D eigenvalue weighted by Gasteiger charge is 2.36. The molecule has 1 aromatic heterocycles. The second-order valence-corrected chi connectivity index (χ2v) is 10.2. The Morgan fingerprint density at radius 3 is 2.00 bits per heavy atom. The molecule has 0 saturated heterocycles. The highest BCUT2D eigenvalue weighted by atomic mass is 32.2. The van der Waals surface area contributed by atoms with Crippen LogP contribution in [-0.4, -0.2) is 24.0 Å². The van der Waals surface area contributed by atoms with Gasteiger partial charge in [0.25, 0.3) is 10.0 Å². The van der Waals surface area contributed by atoms with Gasteiger partial charge in [-0.3, -0.25) is 9.59 Å². The third kappa shape index (κ3) is 3.60. The van der Waals surface area contributed by atoms with Gasteiger partial charge in [0.1, 0.15) is 5.69 Å². The van der Waals surface area contributed by atoms with Crippen molar-refractivity contribution in [2.24, 2.45) is 5.92 Å². The molecule has 166 valence electrons. The summed E-state index contributed by atoms with van der Waals surface area (Å²) in [5.74, 6) is -0.918. The minimum Gasteiger partial charge on any atom is -0.292 e. The first kappa shape index (κ1) is 21.3. The molecule has 1 aliphatic rings. The second kappa shape index (κ2) is 8.45. The topological polar surface area (TPSA) is 73.2 Å². The van der Waals surface area contributed by atoms with Gasteiger partial charge in [0.05, 0.1) is 16.0 Å². The fourth-order valence-corrected chi connectivity index (χ4v) is 6.28. The zero-order valence-electron chi connectivity index (χ0n) is 18.0. The molecule has 3 aromatic carbocycles. The molecule has 0 atom stereocenters. The number of nitrogens with zero attached hydrogens (tertiary/aromatic N) is 1. The van der Waals surface area contributed by atoms with Gasteiger partial charge in [0.2, 0.25) is 0 Å². The Kier molecular flexibility index (Phi) is 5.46. The van der Waals surface area contributed by atoms with Crippen LogP contribution in [0.15, 0.2) is 89.8 Å². The van der Waals surface area contributed by atoms with Gasteiger partial charge in [-0.25, -0.2) is 12.4 Å². The lowest BCUT2D eigenvalue weighted by Gasteiger charge is -2.15. The normalized spacial score (nSPS) is 14.5. The standard InChI is InChI=1S/C27H23NO4S/c29-26(19-11-3-1-4-12-19)24-22-17-9-10-18-23(22)28(25(24)27(30)20-13-7-8-14-20)33(31,32)21-15-5-2-6-16-21/h1-6,9-12,15-18,20H,7-8,13-14H2. The second-order valence-electron chi connectivity index (χ2n) is 8.36. The fourth-order valence-electron chi connectivity index (χ4n) is 4.73. The number of hydrogen-bond donors (Lipinski definition) is 0. The number of benzene rings is 3. The van der Waals surface area contributed by atoms with Gasteiger partial charge >= 0.3 is 0 Å². The van der Waals surface area contributed by atoms with Crippen molar-refractivity contribution >= 4 is 32.5 Å². The lowest BCUT2D eigenvalue weighted by atomic mass is 9.93. The third-order valence-corrected chi connectivity index (χ3v) is 8.06. The summed E-state index contributed by atoms with van der Waals surface area (Å²) in [6.45, 7) is 0. The molecule has 0 aliphatic heterocycles. The summed E-state index contributed by atoms with van der Waals surface area (Å²) in [7, 11) is -4.12. The SMILES string of the molecule is O=C(c1ccccc1)c1c(C(=O)C2CCCC2)n(S(=O)(=O)c2ccccc2)c2ccccc12. The average molecular weight is 458 g/mol. The molecule has 0 spiro atoms. The quantitative estimate of drug-likeness (QED) is 0.359. The first-order valence-corrected chi connectivity index (χ1v) is 12.5. The van der Waals surface area contributed by atoms with E-state index in [0.717, 1.165) is 16.8 Å². The van der Waals surface area contributed by atoms with E-state index in [1.165, 1.54) is 12.1 Å². The molecule has 33 heavy (non-hydrogen) atoms. The van der Waals surface area contributed by atoms with Crippen molar-refractivity contribution in [3.8, 4) is 0 Å². The summed E-state index contributed by atoms with van der Waals surface area (Å²) >= 11 is 0. The van der Waals surface area contributed by atoms with Crippen LogP contribution in [0.1, 0.15) is 52.1 Å². The van der Waals surface area contributed by atoms with Gasteiger partial charge in [0, 0.05) is 16.9 Å². The Hall–Kier alpha value is -3.51. The molecule has 0 unspecified atom stereocenters. The van der Waals surface area contributed by atoms with Crippen LogP contribution in [0.3, 0.4) is 0 Å². The summed E-state index contributed by atoms with van der Waals surface area (Å²) in [6, 6.07) is 23.6. The van der Waals surface area contributed by atoms with Crippen LogP contribution in [-0.2, 0) is 10.0 Å². The number of carbonyl (C=O) groups excluding carboxylic acids is 2. The van der Waals surface area contributed by atoms with E-state index in [0.29, 0.717) is 29.3 Å². The molecule has 0 N–H and O–H groups in total. The van der Waals surface area contributed by atoms with Crippen LogP contribution in [0.25, 0.3) is 10.9 Å². The van der Waals surface area contributed by atoms with Crippen molar-refractivity contribution in [3.05, 3.63) is 102 Å². The Labute approximate surface area is 192 Å². The lowest BCUT2D eigenvalue weighted by Crippen LogP contribution is -2.24. The smallest absolute Gasteiger partial charge is 0.268 e. The van der Waals surface area contributed by atoms with Crippen molar-refractivity contribution in [3.63, 3.8) is 0 Å². The number of rotatable bonds is 6. The van der Waals surface area contributed by atoms with E-state index in [1.807, 2.05) is 6.07 Å². The number of fused-ring (bicyclic) bond motifs is 1. The van der Waals surface area contributed by atoms with Gasteiger partial charge < -0.3 is 0 Å². The van der Waals surface area contributed by atoms with E-state index in [4.69, 9.17) is 0 Å². The van der Waals surface area contributed by atoms with Crippen molar-refractivity contribution in [2.75, 3.05) is 0 Å². The maximum atomic E-state index is 13.9. The largest absolute Gasteiger partial charge is 0.292 e. The number of Topliss-reactive ketones (excluding diaryl/α,β-unsaturated/α-hetero) is 1. The lowest BCUT2D eigenvalue weighted by molar-refractivity contribution is 0.0908. The number of aromatic nitrogens is 1. The summed E-state index contributed by atoms with van der Waals surface area (Å²) in [5.41, 5.74) is 0.883. The van der Waals surface area contributed by atoms with Crippen molar-refractivity contribution < 1.29 is 18.0 Å². The predicted molar refractivity (Wildman–Crippen MR) is 127 cm³/mol. The molecule has 1 fully saturated rings. The molecule has 5 nitrogen and oxygen atoms in total. The molecule has 1 heterocycles. The van der Waals surface area contributed by atoms with Gasteiger partial charge in [0.15, 0.2) is 11.6 Å². The molecule has 6 heteroatoms. The Bertz CT molecular complexity index is 1450. The zero-order valence-corrected chi connectivity index (χ0v) is 18.8. The van der Waals surface area contributed by atoms with Gasteiger partial charge in [-0.15, -0.1) is 0 Å². The van der Waals surface area contributed by atoms with Crippen LogP contribution in [0.2, 0.25) is 0 Å². The number of para-hydroxylation sites is 1. The monoisotopic (exact) mass is 457 g/mol. The van der Waals surface area contributed by atoms with Crippen molar-refractivity contribution in [1.29, 1.82) is 0 Å². The molecule has 0 amide bonds. The molecular weight excluding hydrogens is 434 g/mol. The number of carbonyl (C=O) groups is 2. The summed E-state index contributed by atoms with van der Waals surface area (Å²) in [5, 5.41) is 0.465. The Morgan fingerprint density at radius 2 is 1.33 bits per heavy atom. The molecule has 5 rings (SSSR count). The maximum absolute atomic E-state index is 13.9. The summed E-state index contributed by atoms with van der Waals surface area (Å²) < 4.78 is 28.8. The third-order valence-electron chi connectivity index (χ3n) is 6.34. The predicted octanol–water partition coefficient (Wildman–Crippen LogP) is 5.48. The van der Waals surface area contributed by atoms with Crippen LogP contribution in [0.4, 0.5) is 0 Å².